The van der Waals surface area contributed by atoms with Gasteiger partial charge in [-0.25, -0.2) is 4.98 Å². The van der Waals surface area contributed by atoms with Crippen LogP contribution in [0.1, 0.15) is 37.2 Å². The number of imidazole rings is 1. The van der Waals surface area contributed by atoms with Crippen LogP contribution in [-0.4, -0.2) is 15.1 Å². The van der Waals surface area contributed by atoms with Crippen LogP contribution in [-0.2, 0) is 13.0 Å². The Morgan fingerprint density at radius 2 is 2.22 bits per heavy atom. The van der Waals surface area contributed by atoms with Crippen molar-refractivity contribution in [2.24, 2.45) is 5.92 Å². The predicted molar refractivity (Wildman–Crippen MR) is 69.9 cm³/mol. The number of benzene rings is 1. The van der Waals surface area contributed by atoms with Crippen molar-refractivity contribution in [3.63, 3.8) is 0 Å². The van der Waals surface area contributed by atoms with Crippen molar-refractivity contribution in [3.8, 4) is 6.07 Å². The fourth-order valence-corrected chi connectivity index (χ4v) is 2.05. The summed E-state index contributed by atoms with van der Waals surface area (Å²) in [6, 6.07) is 5.89. The van der Waals surface area contributed by atoms with E-state index in [4.69, 9.17) is 10.4 Å². The van der Waals surface area contributed by atoms with Gasteiger partial charge in [-0.3, -0.25) is 0 Å². The van der Waals surface area contributed by atoms with Crippen LogP contribution in [0.15, 0.2) is 12.1 Å². The minimum Gasteiger partial charge on any atom is -0.388 e. The number of hydrogen-bond donors (Lipinski definition) is 2. The van der Waals surface area contributed by atoms with Gasteiger partial charge >= 0.3 is 0 Å². The van der Waals surface area contributed by atoms with Crippen LogP contribution in [0.4, 0.5) is 0 Å². The van der Waals surface area contributed by atoms with Gasteiger partial charge in [-0.05, 0) is 36.5 Å². The first-order valence-corrected chi connectivity index (χ1v) is 6.17. The third-order valence-electron chi connectivity index (χ3n) is 3.05. The molecule has 0 bridgehead atoms. The van der Waals surface area contributed by atoms with Gasteiger partial charge in [-0.15, -0.1) is 0 Å². The van der Waals surface area contributed by atoms with E-state index in [1.54, 1.807) is 0 Å². The summed E-state index contributed by atoms with van der Waals surface area (Å²) in [4.78, 5) is 7.42. The molecule has 0 fully saturated rings. The van der Waals surface area contributed by atoms with Gasteiger partial charge in [0.1, 0.15) is 12.4 Å². The predicted octanol–water partition coefficient (Wildman–Crippen LogP) is 2.52. The molecule has 0 radical (unpaired) electrons. The summed E-state index contributed by atoms with van der Waals surface area (Å²) < 4.78 is 0. The Morgan fingerprint density at radius 3 is 2.83 bits per heavy atom. The Kier molecular flexibility index (Phi) is 3.63. The van der Waals surface area contributed by atoms with Crippen molar-refractivity contribution in [1.29, 1.82) is 5.26 Å². The zero-order chi connectivity index (χ0) is 13.1. The van der Waals surface area contributed by atoms with Gasteiger partial charge in [0.2, 0.25) is 0 Å². The van der Waals surface area contributed by atoms with Gasteiger partial charge in [0, 0.05) is 0 Å². The Hall–Kier alpha value is -1.86. The average Bonchev–Trinajstić information content (AvgIpc) is 2.78. The summed E-state index contributed by atoms with van der Waals surface area (Å²) in [6.45, 7) is 4.21. The lowest BCUT2D eigenvalue weighted by molar-refractivity contribution is 0.273. The first kappa shape index (κ1) is 12.6. The van der Waals surface area contributed by atoms with E-state index >= 15 is 0 Å². The number of aliphatic hydroxyl groups excluding tert-OH is 1. The molecule has 1 heterocycles. The van der Waals surface area contributed by atoms with Gasteiger partial charge in [0.25, 0.3) is 0 Å². The van der Waals surface area contributed by atoms with E-state index in [0.717, 1.165) is 29.4 Å². The largest absolute Gasteiger partial charge is 0.388 e. The summed E-state index contributed by atoms with van der Waals surface area (Å²) >= 11 is 0. The number of nitriles is 1. The van der Waals surface area contributed by atoms with Crippen molar-refractivity contribution in [2.45, 2.75) is 33.3 Å². The fourth-order valence-electron chi connectivity index (χ4n) is 2.05. The monoisotopic (exact) mass is 243 g/mol. The summed E-state index contributed by atoms with van der Waals surface area (Å²) in [5, 5.41) is 18.3. The number of aromatic amines is 1. The van der Waals surface area contributed by atoms with Crippen molar-refractivity contribution < 1.29 is 5.11 Å². The number of nitrogens with zero attached hydrogens (tertiary/aromatic N) is 2. The van der Waals surface area contributed by atoms with E-state index in [1.807, 2.05) is 12.1 Å². The number of rotatable bonds is 4. The van der Waals surface area contributed by atoms with Crippen LogP contribution in [0.5, 0.6) is 0 Å². The first-order valence-electron chi connectivity index (χ1n) is 6.17. The molecule has 0 spiro atoms. The van der Waals surface area contributed by atoms with Crippen molar-refractivity contribution in [1.82, 2.24) is 9.97 Å². The molecule has 2 aromatic rings. The number of hydrogen-bond acceptors (Lipinski definition) is 3. The van der Waals surface area contributed by atoms with E-state index in [2.05, 4.69) is 29.9 Å². The van der Waals surface area contributed by atoms with Crippen molar-refractivity contribution >= 4 is 11.0 Å². The highest BCUT2D eigenvalue weighted by Gasteiger charge is 2.12. The smallest absolute Gasteiger partial charge is 0.133 e. The molecule has 2 N–H and O–H groups in total. The van der Waals surface area contributed by atoms with Gasteiger partial charge < -0.3 is 10.1 Å². The molecule has 94 valence electrons. The second kappa shape index (κ2) is 5.19. The maximum absolute atomic E-state index is 9.17. The lowest BCUT2D eigenvalue weighted by atomic mass is 9.98. The number of aliphatic hydroxyl groups is 1. The zero-order valence-corrected chi connectivity index (χ0v) is 10.7. The molecular weight excluding hydrogens is 226 g/mol. The molecule has 0 aliphatic heterocycles. The normalized spacial score (nSPS) is 11.1. The van der Waals surface area contributed by atoms with E-state index < -0.39 is 0 Å². The van der Waals surface area contributed by atoms with Crippen LogP contribution >= 0.6 is 0 Å². The van der Waals surface area contributed by atoms with E-state index in [9.17, 15) is 0 Å². The second-order valence-electron chi connectivity index (χ2n) is 4.87. The molecule has 0 amide bonds. The number of aryl methyl sites for hydroxylation is 1. The number of H-pyrrole nitrogens is 1. The topological polar surface area (TPSA) is 72.7 Å². The van der Waals surface area contributed by atoms with Crippen LogP contribution in [0.3, 0.4) is 0 Å². The van der Waals surface area contributed by atoms with E-state index in [0.29, 0.717) is 17.3 Å². The van der Waals surface area contributed by atoms with Crippen LogP contribution in [0.2, 0.25) is 0 Å². The highest BCUT2D eigenvalue weighted by Crippen LogP contribution is 2.23. The van der Waals surface area contributed by atoms with Crippen LogP contribution < -0.4 is 0 Å². The summed E-state index contributed by atoms with van der Waals surface area (Å²) in [7, 11) is 0. The van der Waals surface area contributed by atoms with Gasteiger partial charge in [-0.1, -0.05) is 13.8 Å². The second-order valence-corrected chi connectivity index (χ2v) is 4.87. The maximum atomic E-state index is 9.17. The Morgan fingerprint density at radius 1 is 1.44 bits per heavy atom. The molecule has 18 heavy (non-hydrogen) atoms. The first-order chi connectivity index (χ1) is 8.65. The molecule has 4 nitrogen and oxygen atoms in total. The number of nitrogens with one attached hydrogen (secondary N) is 1. The molecule has 1 aromatic carbocycles. The third kappa shape index (κ3) is 2.36. The Balaban J connectivity index is 2.51. The summed E-state index contributed by atoms with van der Waals surface area (Å²) in [6.07, 6.45) is 1.86. The standard InChI is InChI=1S/C14H17N3O/c1-9(2)3-5-11-10(7-15)4-6-12-14(11)17-13(8-18)16-12/h4,6,9,18H,3,5,8H2,1-2H3,(H,16,17). The SMILES string of the molecule is CC(C)CCc1c(C#N)ccc2[nH]c(CO)nc12. The van der Waals surface area contributed by atoms with E-state index in [-0.39, 0.29) is 6.61 Å². The number of fused-ring (bicyclic) bond motifs is 1. The lowest BCUT2D eigenvalue weighted by Gasteiger charge is -2.07. The molecular formula is C14H17N3O. The highest BCUT2D eigenvalue weighted by molar-refractivity contribution is 5.81. The third-order valence-corrected chi connectivity index (χ3v) is 3.05. The van der Waals surface area contributed by atoms with Crippen LogP contribution in [0.25, 0.3) is 11.0 Å². The highest BCUT2D eigenvalue weighted by atomic mass is 16.3. The molecule has 1 aromatic heterocycles. The van der Waals surface area contributed by atoms with Crippen molar-refractivity contribution in [3.05, 3.63) is 29.1 Å². The quantitative estimate of drug-likeness (QED) is 0.866. The summed E-state index contributed by atoms with van der Waals surface area (Å²) in [5.74, 6) is 1.13. The Bertz CT molecular complexity index is 593. The Labute approximate surface area is 106 Å². The molecule has 0 atom stereocenters. The average molecular weight is 243 g/mol. The minimum atomic E-state index is -0.111. The van der Waals surface area contributed by atoms with Gasteiger partial charge in [-0.2, -0.15) is 5.26 Å². The van der Waals surface area contributed by atoms with Crippen molar-refractivity contribution in [2.75, 3.05) is 0 Å². The molecule has 2 rings (SSSR count). The van der Waals surface area contributed by atoms with Crippen LogP contribution in [0, 0.1) is 17.2 Å². The minimum absolute atomic E-state index is 0.111. The molecule has 0 aliphatic carbocycles. The van der Waals surface area contributed by atoms with Gasteiger partial charge in [0.15, 0.2) is 0 Å². The molecule has 0 saturated heterocycles. The zero-order valence-electron chi connectivity index (χ0n) is 10.7. The molecule has 4 heteroatoms. The molecule has 0 aliphatic rings. The molecule has 0 saturated carbocycles. The number of aromatic nitrogens is 2. The molecule has 0 unspecified atom stereocenters. The lowest BCUT2D eigenvalue weighted by Crippen LogP contribution is -1.97. The maximum Gasteiger partial charge on any atom is 0.133 e. The van der Waals surface area contributed by atoms with E-state index in [1.165, 1.54) is 0 Å². The van der Waals surface area contributed by atoms with Gasteiger partial charge in [0.05, 0.1) is 22.7 Å². The fraction of sp³-hybridized carbons (Fsp3) is 0.429. The summed E-state index contributed by atoms with van der Waals surface area (Å²) in [5.41, 5.74) is 3.37.